The van der Waals surface area contributed by atoms with Gasteiger partial charge in [-0.05, 0) is 67.6 Å². The van der Waals surface area contributed by atoms with E-state index in [1.54, 1.807) is 21.3 Å². The minimum Gasteiger partial charge on any atom is -0.497 e. The van der Waals surface area contributed by atoms with Crippen LogP contribution in [0.1, 0.15) is 100.0 Å². The number of methoxy groups -OCH3 is 3. The smallest absolute Gasteiger partial charge is 0.192 e. The maximum Gasteiger partial charge on any atom is 0.192 e. The third-order valence-corrected chi connectivity index (χ3v) is 14.8. The zero-order valence-electron chi connectivity index (χ0n) is 34.0. The first-order valence-corrected chi connectivity index (χ1v) is 21.5. The summed E-state index contributed by atoms with van der Waals surface area (Å²) in [5, 5.41) is 0.108. The number of benzene rings is 1. The monoisotopic (exact) mass is 720 g/mol. The molecular formula is C41H72O8Si. The van der Waals surface area contributed by atoms with Gasteiger partial charge in [-0.15, -0.1) is 0 Å². The number of rotatable bonds is 26. The molecule has 1 aromatic carbocycles. The van der Waals surface area contributed by atoms with E-state index in [0.29, 0.717) is 19.4 Å². The third kappa shape index (κ3) is 15.4. The van der Waals surface area contributed by atoms with Crippen LogP contribution in [0, 0.1) is 17.8 Å². The number of carbonyl (C=O) groups is 1. The van der Waals surface area contributed by atoms with Crippen LogP contribution in [0.3, 0.4) is 0 Å². The van der Waals surface area contributed by atoms with Crippen molar-refractivity contribution >= 4 is 14.1 Å². The van der Waals surface area contributed by atoms with Gasteiger partial charge in [0.25, 0.3) is 0 Å². The Bertz CT molecular complexity index is 1130. The molecule has 0 saturated carbocycles. The van der Waals surface area contributed by atoms with Crippen molar-refractivity contribution in [2.24, 2.45) is 17.8 Å². The number of carbonyl (C=O) groups excluding carboxylic acids is 1. The summed E-state index contributed by atoms with van der Waals surface area (Å²) < 4.78 is 42.6. The van der Waals surface area contributed by atoms with Gasteiger partial charge in [0.15, 0.2) is 14.1 Å². The Morgan fingerprint density at radius 2 is 1.48 bits per heavy atom. The number of ketones is 1. The van der Waals surface area contributed by atoms with Gasteiger partial charge in [0.05, 0.1) is 38.1 Å². The SMILES string of the molecule is CCC[C@@H](O[Si](C)(C)C(C)(C)C)[C@@H](C)[C@@H](OCOC)[C@@H](C=C[C@H](OCOC)[C@@H](C)[C@H](C/C=C(\C)C(=O)CC)OCc1ccc(OC)cc1)CC. The Morgan fingerprint density at radius 3 is 2.00 bits per heavy atom. The lowest BCUT2D eigenvalue weighted by Gasteiger charge is -2.43. The predicted octanol–water partition coefficient (Wildman–Crippen LogP) is 9.92. The van der Waals surface area contributed by atoms with E-state index in [9.17, 15) is 4.79 Å². The minimum absolute atomic E-state index is 0.0662. The lowest BCUT2D eigenvalue weighted by atomic mass is 9.84. The highest BCUT2D eigenvalue weighted by Crippen LogP contribution is 2.40. The summed E-state index contributed by atoms with van der Waals surface area (Å²) in [5.74, 6) is 1.09. The Kier molecular flexibility index (Phi) is 21.8. The third-order valence-electron chi connectivity index (χ3n) is 10.3. The Labute approximate surface area is 306 Å². The maximum absolute atomic E-state index is 12.4. The molecule has 0 aliphatic carbocycles. The molecule has 7 atom stereocenters. The van der Waals surface area contributed by atoms with Crippen LogP contribution in [0.25, 0.3) is 0 Å². The van der Waals surface area contributed by atoms with Crippen molar-refractivity contribution in [1.29, 1.82) is 0 Å². The highest BCUT2D eigenvalue weighted by Gasteiger charge is 2.42. The van der Waals surface area contributed by atoms with E-state index < -0.39 is 8.32 Å². The largest absolute Gasteiger partial charge is 0.497 e. The van der Waals surface area contributed by atoms with Crippen LogP contribution in [0.5, 0.6) is 5.75 Å². The summed E-state index contributed by atoms with van der Waals surface area (Å²) in [5.41, 5.74) is 1.79. The second-order valence-electron chi connectivity index (χ2n) is 15.1. The molecular weight excluding hydrogens is 649 g/mol. The first-order chi connectivity index (χ1) is 23.6. The lowest BCUT2D eigenvalue weighted by molar-refractivity contribution is -0.120. The summed E-state index contributed by atoms with van der Waals surface area (Å²) in [6.07, 6.45) is 9.73. The van der Waals surface area contributed by atoms with Crippen LogP contribution in [0.15, 0.2) is 48.1 Å². The van der Waals surface area contributed by atoms with Crippen LogP contribution in [0.2, 0.25) is 18.1 Å². The van der Waals surface area contributed by atoms with E-state index in [2.05, 4.69) is 73.7 Å². The van der Waals surface area contributed by atoms with E-state index in [4.69, 9.17) is 32.8 Å². The van der Waals surface area contributed by atoms with Gasteiger partial charge >= 0.3 is 0 Å². The second kappa shape index (κ2) is 23.7. The zero-order valence-corrected chi connectivity index (χ0v) is 35.0. The van der Waals surface area contributed by atoms with E-state index in [1.165, 1.54) is 0 Å². The molecule has 1 aromatic rings. The van der Waals surface area contributed by atoms with Gasteiger partial charge in [-0.3, -0.25) is 4.79 Å². The zero-order chi connectivity index (χ0) is 37.9. The second-order valence-corrected chi connectivity index (χ2v) is 19.8. The number of hydrogen-bond donors (Lipinski definition) is 0. The van der Waals surface area contributed by atoms with Crippen LogP contribution >= 0.6 is 0 Å². The number of hydrogen-bond acceptors (Lipinski definition) is 8. The molecule has 50 heavy (non-hydrogen) atoms. The fraction of sp³-hybridized carbons (Fsp3) is 0.732. The maximum atomic E-state index is 12.4. The summed E-state index contributed by atoms with van der Waals surface area (Å²) in [4.78, 5) is 12.4. The van der Waals surface area contributed by atoms with Crippen LogP contribution in [-0.4, -0.2) is 73.4 Å². The highest BCUT2D eigenvalue weighted by atomic mass is 28.4. The molecule has 0 aromatic heterocycles. The van der Waals surface area contributed by atoms with Crippen molar-refractivity contribution in [3.63, 3.8) is 0 Å². The first kappa shape index (κ1) is 46.2. The lowest BCUT2D eigenvalue weighted by Crippen LogP contribution is -2.48. The van der Waals surface area contributed by atoms with Crippen molar-refractivity contribution in [3.05, 3.63) is 53.6 Å². The fourth-order valence-electron chi connectivity index (χ4n) is 5.81. The van der Waals surface area contributed by atoms with Gasteiger partial charge in [0.2, 0.25) is 0 Å². The van der Waals surface area contributed by atoms with Crippen molar-refractivity contribution < 1.29 is 37.6 Å². The Balaban J connectivity index is 3.46. The van der Waals surface area contributed by atoms with Crippen molar-refractivity contribution in [1.82, 2.24) is 0 Å². The predicted molar refractivity (Wildman–Crippen MR) is 207 cm³/mol. The summed E-state index contributed by atoms with van der Waals surface area (Å²) in [6, 6.07) is 7.89. The van der Waals surface area contributed by atoms with Crippen molar-refractivity contribution in [2.75, 3.05) is 34.9 Å². The van der Waals surface area contributed by atoms with E-state index in [0.717, 1.165) is 36.1 Å². The van der Waals surface area contributed by atoms with Crippen LogP contribution in [-0.2, 0) is 39.5 Å². The molecule has 9 heteroatoms. The van der Waals surface area contributed by atoms with Crippen molar-refractivity contribution in [3.8, 4) is 5.75 Å². The summed E-state index contributed by atoms with van der Waals surface area (Å²) >= 11 is 0. The molecule has 0 unspecified atom stereocenters. The molecule has 0 aliphatic heterocycles. The molecule has 0 spiro atoms. The van der Waals surface area contributed by atoms with Gasteiger partial charge in [-0.2, -0.15) is 0 Å². The quantitative estimate of drug-likeness (QED) is 0.0405. The molecule has 0 radical (unpaired) electrons. The van der Waals surface area contributed by atoms with E-state index in [1.807, 2.05) is 44.2 Å². The summed E-state index contributed by atoms with van der Waals surface area (Å²) in [7, 11) is 2.94. The Morgan fingerprint density at radius 1 is 0.860 bits per heavy atom. The van der Waals surface area contributed by atoms with Crippen LogP contribution in [0.4, 0.5) is 0 Å². The molecule has 0 aliphatic rings. The standard InChI is InChI=1S/C41H72O8Si/c1-15-18-39(49-50(13,14)41(7,8)9)32(6)40(48-29-44-11)34(16-2)22-26-38(47-28-43-10)31(5)37(25-19-30(4)36(42)17-3)46-27-33-20-23-35(45-12)24-21-33/h19-24,26,31-32,34,37-40H,15-18,25,27-29H2,1-14H3/b26-22?,30-19+/t31-,32+,34+,37-,38-,39+,40+/m0/s1. The molecule has 288 valence electrons. The number of ether oxygens (including phenoxy) is 6. The summed E-state index contributed by atoms with van der Waals surface area (Å²) in [6.45, 7) is 24.9. The average Bonchev–Trinajstić information content (AvgIpc) is 3.09. The fourth-order valence-corrected chi connectivity index (χ4v) is 7.25. The topological polar surface area (TPSA) is 81.7 Å². The van der Waals surface area contributed by atoms with Gasteiger partial charge in [-0.1, -0.05) is 92.2 Å². The average molecular weight is 721 g/mol. The van der Waals surface area contributed by atoms with Gasteiger partial charge in [-0.25, -0.2) is 0 Å². The molecule has 0 N–H and O–H groups in total. The minimum atomic E-state index is -2.02. The Hall–Kier alpha value is -1.85. The van der Waals surface area contributed by atoms with E-state index in [-0.39, 0.29) is 66.6 Å². The van der Waals surface area contributed by atoms with Gasteiger partial charge < -0.3 is 32.8 Å². The normalized spacial score (nSPS) is 17.3. The van der Waals surface area contributed by atoms with E-state index >= 15 is 0 Å². The molecule has 0 saturated heterocycles. The van der Waals surface area contributed by atoms with Gasteiger partial charge in [0, 0.05) is 38.4 Å². The number of Topliss-reactive ketones (excluding diaryl/α,β-unsaturated/α-hetero) is 1. The van der Waals surface area contributed by atoms with Crippen LogP contribution < -0.4 is 4.74 Å². The molecule has 0 fully saturated rings. The molecule has 8 nitrogen and oxygen atoms in total. The highest BCUT2D eigenvalue weighted by molar-refractivity contribution is 6.74. The van der Waals surface area contributed by atoms with Crippen molar-refractivity contribution in [2.45, 2.75) is 144 Å². The first-order valence-electron chi connectivity index (χ1n) is 18.6. The molecule has 0 heterocycles. The molecule has 0 amide bonds. The molecule has 1 rings (SSSR count). The molecule has 0 bridgehead atoms. The van der Waals surface area contributed by atoms with Gasteiger partial charge in [0.1, 0.15) is 19.3 Å². The number of allylic oxidation sites excluding steroid dienone is 1.